The van der Waals surface area contributed by atoms with Gasteiger partial charge in [-0.15, -0.1) is 11.3 Å². The van der Waals surface area contributed by atoms with Gasteiger partial charge in [0, 0.05) is 22.6 Å². The molecular weight excluding hydrogens is 342 g/mol. The molecule has 1 spiro atoms. The van der Waals surface area contributed by atoms with Crippen molar-refractivity contribution in [2.45, 2.75) is 31.3 Å². The number of nitro benzene ring substituents is 1. The summed E-state index contributed by atoms with van der Waals surface area (Å²) in [6, 6.07) is 7.40. The van der Waals surface area contributed by atoms with Gasteiger partial charge in [0.25, 0.3) is 11.6 Å². The van der Waals surface area contributed by atoms with Crippen LogP contribution in [0.15, 0.2) is 35.7 Å². The third-order valence-corrected chi connectivity index (χ3v) is 5.81. The van der Waals surface area contributed by atoms with Gasteiger partial charge in [0.2, 0.25) is 0 Å². The minimum Gasteiger partial charge on any atom is -0.319 e. The average Bonchev–Trinajstić information content (AvgIpc) is 3.16. The highest BCUT2D eigenvalue weighted by molar-refractivity contribution is 7.10. The van der Waals surface area contributed by atoms with Crippen LogP contribution in [0.5, 0.6) is 0 Å². The van der Waals surface area contributed by atoms with Crippen LogP contribution < -0.4 is 5.32 Å². The Morgan fingerprint density at radius 2 is 2.00 bits per heavy atom. The summed E-state index contributed by atoms with van der Waals surface area (Å²) in [6.45, 7) is 0.101. The fraction of sp³-hybridized carbons (Fsp3) is 0.294. The van der Waals surface area contributed by atoms with E-state index < -0.39 is 16.5 Å². The number of hydrogen-bond donors (Lipinski definition) is 1. The number of benzene rings is 1. The molecule has 2 aliphatic rings. The lowest BCUT2D eigenvalue weighted by molar-refractivity contribution is -0.384. The molecule has 1 atom stereocenters. The summed E-state index contributed by atoms with van der Waals surface area (Å²) < 4.78 is 0. The molecule has 1 aliphatic carbocycles. The molecule has 128 valence electrons. The van der Waals surface area contributed by atoms with Crippen molar-refractivity contribution in [1.29, 1.82) is 0 Å². The van der Waals surface area contributed by atoms with Crippen LogP contribution in [-0.4, -0.2) is 21.8 Å². The van der Waals surface area contributed by atoms with Crippen molar-refractivity contribution in [3.8, 4) is 0 Å². The van der Waals surface area contributed by atoms with Crippen molar-refractivity contribution in [2.24, 2.45) is 0 Å². The van der Waals surface area contributed by atoms with E-state index in [0.717, 1.165) is 23.3 Å². The number of carbonyl (C=O) groups excluding carboxylic acids is 2. The van der Waals surface area contributed by atoms with Crippen molar-refractivity contribution in [3.63, 3.8) is 0 Å². The molecule has 0 unspecified atom stereocenters. The zero-order chi connectivity index (χ0) is 17.6. The van der Waals surface area contributed by atoms with E-state index in [1.807, 2.05) is 11.4 Å². The van der Waals surface area contributed by atoms with Crippen molar-refractivity contribution >= 4 is 29.0 Å². The molecule has 1 saturated heterocycles. The molecule has 4 rings (SSSR count). The van der Waals surface area contributed by atoms with Gasteiger partial charge in [0.1, 0.15) is 5.54 Å². The van der Waals surface area contributed by atoms with Gasteiger partial charge in [0.05, 0.1) is 11.5 Å². The van der Waals surface area contributed by atoms with Crippen LogP contribution in [0.4, 0.5) is 10.5 Å². The Bertz CT molecular complexity index is 876. The highest BCUT2D eigenvalue weighted by atomic mass is 32.1. The van der Waals surface area contributed by atoms with Crippen LogP contribution in [0, 0.1) is 10.1 Å². The largest absolute Gasteiger partial charge is 0.325 e. The topological polar surface area (TPSA) is 92.6 Å². The molecule has 25 heavy (non-hydrogen) atoms. The fourth-order valence-electron chi connectivity index (χ4n) is 3.59. The molecule has 0 saturated carbocycles. The number of rotatable bonds is 3. The van der Waals surface area contributed by atoms with Crippen LogP contribution in [0.3, 0.4) is 0 Å². The van der Waals surface area contributed by atoms with Gasteiger partial charge in [-0.3, -0.25) is 19.8 Å². The minimum atomic E-state index is -0.953. The first kappa shape index (κ1) is 15.8. The van der Waals surface area contributed by atoms with E-state index in [2.05, 4.69) is 5.32 Å². The molecule has 7 nitrogen and oxygen atoms in total. The lowest BCUT2D eigenvalue weighted by Crippen LogP contribution is -2.46. The van der Waals surface area contributed by atoms with Crippen LogP contribution in [0.2, 0.25) is 0 Å². The standard InChI is InChI=1S/C17H15N3O4S/c21-15-17(8-1-2-14-13(17)7-9-25-14)18-16(22)19(15)10-11-3-5-12(6-4-11)20(23)24/h3-7,9H,1-2,8,10H2,(H,18,22)/t17-/m0/s1. The van der Waals surface area contributed by atoms with Crippen LogP contribution in [0.25, 0.3) is 0 Å². The summed E-state index contributed by atoms with van der Waals surface area (Å²) in [5, 5.41) is 15.6. The molecule has 2 heterocycles. The number of urea groups is 1. The van der Waals surface area contributed by atoms with Gasteiger partial charge in [0.15, 0.2) is 0 Å². The van der Waals surface area contributed by atoms with E-state index in [1.165, 1.54) is 17.0 Å². The summed E-state index contributed by atoms with van der Waals surface area (Å²) in [5.41, 5.74) is 0.610. The number of carbonyl (C=O) groups is 2. The maximum atomic E-state index is 13.1. The molecule has 2 aromatic rings. The minimum absolute atomic E-state index is 0.0207. The number of nitrogens with one attached hydrogen (secondary N) is 1. The third kappa shape index (κ3) is 2.41. The number of aryl methyl sites for hydroxylation is 1. The summed E-state index contributed by atoms with van der Waals surface area (Å²) >= 11 is 1.61. The molecule has 3 amide bonds. The molecular formula is C17H15N3O4S. The number of fused-ring (bicyclic) bond motifs is 2. The number of non-ortho nitro benzene ring substituents is 1. The monoisotopic (exact) mass is 357 g/mol. The van der Waals surface area contributed by atoms with E-state index in [1.54, 1.807) is 23.5 Å². The van der Waals surface area contributed by atoms with E-state index in [9.17, 15) is 19.7 Å². The van der Waals surface area contributed by atoms with Crippen molar-refractivity contribution < 1.29 is 14.5 Å². The highest BCUT2D eigenvalue weighted by Crippen LogP contribution is 2.42. The highest BCUT2D eigenvalue weighted by Gasteiger charge is 2.54. The van der Waals surface area contributed by atoms with Gasteiger partial charge < -0.3 is 5.32 Å². The van der Waals surface area contributed by atoms with Gasteiger partial charge in [-0.05, 0) is 36.3 Å². The van der Waals surface area contributed by atoms with Crippen molar-refractivity contribution in [1.82, 2.24) is 10.2 Å². The summed E-state index contributed by atoms with van der Waals surface area (Å²) in [5.74, 6) is -0.241. The molecule has 1 aromatic carbocycles. The maximum Gasteiger partial charge on any atom is 0.325 e. The third-order valence-electron chi connectivity index (χ3n) is 4.82. The molecule has 1 aromatic heterocycles. The Hall–Kier alpha value is -2.74. The van der Waals surface area contributed by atoms with Crippen molar-refractivity contribution in [2.75, 3.05) is 0 Å². The van der Waals surface area contributed by atoms with Crippen LogP contribution in [-0.2, 0) is 23.3 Å². The zero-order valence-corrected chi connectivity index (χ0v) is 14.0. The summed E-state index contributed by atoms with van der Waals surface area (Å²) in [4.78, 5) is 38.1. The Morgan fingerprint density at radius 1 is 1.24 bits per heavy atom. The Labute approximate surface area is 147 Å². The summed E-state index contributed by atoms with van der Waals surface area (Å²) in [7, 11) is 0. The number of hydrogen-bond acceptors (Lipinski definition) is 5. The quantitative estimate of drug-likeness (QED) is 0.519. The zero-order valence-electron chi connectivity index (χ0n) is 13.2. The molecule has 1 fully saturated rings. The van der Waals surface area contributed by atoms with Gasteiger partial charge in [-0.2, -0.15) is 0 Å². The SMILES string of the molecule is O=C1N[C@]2(CCCc3sccc32)C(=O)N1Cc1ccc([N+](=O)[O-])cc1. The predicted molar refractivity (Wildman–Crippen MR) is 91.1 cm³/mol. The molecule has 0 bridgehead atoms. The first-order valence-electron chi connectivity index (χ1n) is 7.95. The summed E-state index contributed by atoms with van der Waals surface area (Å²) in [6.07, 6.45) is 2.38. The lowest BCUT2D eigenvalue weighted by atomic mass is 9.80. The molecule has 1 N–H and O–H groups in total. The second-order valence-electron chi connectivity index (χ2n) is 6.26. The second kappa shape index (κ2) is 5.66. The Morgan fingerprint density at radius 3 is 2.72 bits per heavy atom. The van der Waals surface area contributed by atoms with E-state index >= 15 is 0 Å². The fourth-order valence-corrected chi connectivity index (χ4v) is 4.59. The van der Waals surface area contributed by atoms with Gasteiger partial charge >= 0.3 is 6.03 Å². The maximum absolute atomic E-state index is 13.1. The van der Waals surface area contributed by atoms with E-state index in [0.29, 0.717) is 12.0 Å². The Balaban J connectivity index is 1.62. The average molecular weight is 357 g/mol. The first-order valence-corrected chi connectivity index (χ1v) is 8.83. The number of nitrogens with zero attached hydrogens (tertiary/aromatic N) is 2. The van der Waals surface area contributed by atoms with Crippen LogP contribution >= 0.6 is 11.3 Å². The van der Waals surface area contributed by atoms with Gasteiger partial charge in [-0.25, -0.2) is 4.79 Å². The van der Waals surface area contributed by atoms with Crippen molar-refractivity contribution in [3.05, 3.63) is 61.8 Å². The number of thiophene rings is 1. The lowest BCUT2D eigenvalue weighted by Gasteiger charge is -2.31. The smallest absolute Gasteiger partial charge is 0.319 e. The molecule has 1 aliphatic heterocycles. The predicted octanol–water partition coefficient (Wildman–Crippen LogP) is 2.94. The second-order valence-corrected chi connectivity index (χ2v) is 7.26. The van der Waals surface area contributed by atoms with E-state index in [-0.39, 0.29) is 18.1 Å². The van der Waals surface area contributed by atoms with Gasteiger partial charge in [-0.1, -0.05) is 12.1 Å². The number of imide groups is 1. The van der Waals surface area contributed by atoms with Crippen LogP contribution in [0.1, 0.15) is 28.8 Å². The Kier molecular flexibility index (Phi) is 3.57. The van der Waals surface area contributed by atoms with E-state index in [4.69, 9.17) is 0 Å². The number of amides is 3. The molecule has 0 radical (unpaired) electrons. The normalized spacial score (nSPS) is 22.2. The molecule has 8 heteroatoms. The number of nitro groups is 1. The first-order chi connectivity index (χ1) is 12.0.